The van der Waals surface area contributed by atoms with Crippen molar-refractivity contribution >= 4 is 5.91 Å². The highest BCUT2D eigenvalue weighted by molar-refractivity contribution is 5.94. The average molecular weight is 421 g/mol. The third-order valence-electron chi connectivity index (χ3n) is 4.97. The molecule has 0 spiro atoms. The molecule has 1 fully saturated rings. The summed E-state index contributed by atoms with van der Waals surface area (Å²) in [6.45, 7) is 4.12. The Labute approximate surface area is 174 Å². The minimum absolute atomic E-state index is 0.0699. The van der Waals surface area contributed by atoms with Crippen LogP contribution in [0.3, 0.4) is 0 Å². The second kappa shape index (κ2) is 9.95. The van der Waals surface area contributed by atoms with Gasteiger partial charge in [-0.05, 0) is 42.4 Å². The van der Waals surface area contributed by atoms with Gasteiger partial charge in [-0.2, -0.15) is 13.2 Å². The Hall–Kier alpha value is -2.58. The number of hydrogen-bond acceptors (Lipinski definition) is 4. The molecule has 1 heterocycles. The van der Waals surface area contributed by atoms with Crippen molar-refractivity contribution < 1.29 is 22.7 Å². The first kappa shape index (κ1) is 22.1. The van der Waals surface area contributed by atoms with Gasteiger partial charge in [0.15, 0.2) is 6.61 Å². The van der Waals surface area contributed by atoms with E-state index >= 15 is 0 Å². The lowest BCUT2D eigenvalue weighted by molar-refractivity contribution is -0.153. The third kappa shape index (κ3) is 7.03. The first-order valence-corrected chi connectivity index (χ1v) is 9.85. The first-order chi connectivity index (χ1) is 14.3. The maximum atomic E-state index is 12.3. The number of nitrogens with zero attached hydrogens (tertiary/aromatic N) is 2. The number of carbonyl (C=O) groups is 1. The average Bonchev–Trinajstić information content (AvgIpc) is 2.72. The molecule has 5 nitrogen and oxygen atoms in total. The zero-order valence-electron chi connectivity index (χ0n) is 16.9. The van der Waals surface area contributed by atoms with Crippen molar-refractivity contribution in [1.82, 2.24) is 15.1 Å². The van der Waals surface area contributed by atoms with E-state index in [4.69, 9.17) is 0 Å². The number of rotatable bonds is 7. The molecule has 0 saturated carbocycles. The number of ether oxygens (including phenoxy) is 1. The summed E-state index contributed by atoms with van der Waals surface area (Å²) in [5.41, 5.74) is 2.57. The monoisotopic (exact) mass is 421 g/mol. The van der Waals surface area contributed by atoms with Crippen LogP contribution in [0.2, 0.25) is 0 Å². The van der Waals surface area contributed by atoms with Crippen LogP contribution in [0.15, 0.2) is 48.5 Å². The first-order valence-electron chi connectivity index (χ1n) is 9.85. The van der Waals surface area contributed by atoms with Gasteiger partial charge in [0.25, 0.3) is 5.91 Å². The summed E-state index contributed by atoms with van der Waals surface area (Å²) < 4.78 is 41.2. The van der Waals surface area contributed by atoms with E-state index in [0.717, 1.165) is 38.3 Å². The molecule has 162 valence electrons. The molecule has 1 aliphatic heterocycles. The molecule has 2 aromatic rings. The summed E-state index contributed by atoms with van der Waals surface area (Å²) in [6, 6.07) is 13.7. The van der Waals surface area contributed by atoms with E-state index in [9.17, 15) is 18.0 Å². The van der Waals surface area contributed by atoms with E-state index in [1.807, 2.05) is 12.1 Å². The second-order valence-corrected chi connectivity index (χ2v) is 7.51. The number of benzene rings is 2. The lowest BCUT2D eigenvalue weighted by atomic mass is 10.1. The zero-order chi connectivity index (χ0) is 21.6. The maximum absolute atomic E-state index is 12.3. The summed E-state index contributed by atoms with van der Waals surface area (Å²) in [5, 5.41) is 2.85. The molecule has 1 saturated heterocycles. The molecule has 0 atom stereocenters. The van der Waals surface area contributed by atoms with Crippen LogP contribution in [0.4, 0.5) is 13.2 Å². The van der Waals surface area contributed by atoms with Gasteiger partial charge in [0.05, 0.1) is 0 Å². The van der Waals surface area contributed by atoms with E-state index < -0.39 is 12.8 Å². The molecule has 0 radical (unpaired) electrons. The smallest absolute Gasteiger partial charge is 0.422 e. The number of piperazine rings is 1. The van der Waals surface area contributed by atoms with E-state index in [0.29, 0.717) is 12.1 Å². The van der Waals surface area contributed by atoms with Gasteiger partial charge in [-0.25, -0.2) is 0 Å². The van der Waals surface area contributed by atoms with Gasteiger partial charge in [-0.15, -0.1) is 0 Å². The van der Waals surface area contributed by atoms with Gasteiger partial charge in [0.1, 0.15) is 5.75 Å². The zero-order valence-corrected chi connectivity index (χ0v) is 16.9. The van der Waals surface area contributed by atoms with Crippen LogP contribution in [0.1, 0.15) is 21.5 Å². The van der Waals surface area contributed by atoms with Gasteiger partial charge in [0, 0.05) is 44.8 Å². The molecule has 8 heteroatoms. The van der Waals surface area contributed by atoms with Crippen molar-refractivity contribution in [3.63, 3.8) is 0 Å². The largest absolute Gasteiger partial charge is 0.484 e. The minimum atomic E-state index is -4.39. The van der Waals surface area contributed by atoms with Crippen molar-refractivity contribution in [2.24, 2.45) is 0 Å². The molecular formula is C22H26F3N3O2. The van der Waals surface area contributed by atoms with Crippen molar-refractivity contribution in [2.45, 2.75) is 19.3 Å². The number of alkyl halides is 3. The van der Waals surface area contributed by atoms with Gasteiger partial charge in [-0.1, -0.05) is 24.3 Å². The molecule has 0 unspecified atom stereocenters. The van der Waals surface area contributed by atoms with Gasteiger partial charge < -0.3 is 15.0 Å². The number of hydrogen-bond donors (Lipinski definition) is 1. The predicted octanol–water partition coefficient (Wildman–Crippen LogP) is 3.31. The SMILES string of the molecule is CN1CCN(Cc2cccc(CNC(=O)c3ccc(OCC(F)(F)F)cc3)c2)CC1. The van der Waals surface area contributed by atoms with Crippen molar-refractivity contribution in [3.8, 4) is 5.75 Å². The highest BCUT2D eigenvalue weighted by Gasteiger charge is 2.28. The highest BCUT2D eigenvalue weighted by Crippen LogP contribution is 2.19. The summed E-state index contributed by atoms with van der Waals surface area (Å²) in [4.78, 5) is 17.1. The Bertz CT molecular complexity index is 832. The van der Waals surface area contributed by atoms with Crippen LogP contribution < -0.4 is 10.1 Å². The quantitative estimate of drug-likeness (QED) is 0.745. The van der Waals surface area contributed by atoms with E-state index in [-0.39, 0.29) is 11.7 Å². The van der Waals surface area contributed by atoms with Crippen molar-refractivity contribution in [2.75, 3.05) is 39.8 Å². The lowest BCUT2D eigenvalue weighted by Gasteiger charge is -2.32. The molecule has 0 aliphatic carbocycles. The fraction of sp³-hybridized carbons (Fsp3) is 0.409. The summed E-state index contributed by atoms with van der Waals surface area (Å²) in [7, 11) is 2.13. The van der Waals surface area contributed by atoms with Crippen LogP contribution in [0.25, 0.3) is 0 Å². The van der Waals surface area contributed by atoms with Gasteiger partial charge >= 0.3 is 6.18 Å². The molecule has 1 N–H and O–H groups in total. The highest BCUT2D eigenvalue weighted by atomic mass is 19.4. The van der Waals surface area contributed by atoms with E-state index in [1.54, 1.807) is 0 Å². The van der Waals surface area contributed by atoms with E-state index in [2.05, 4.69) is 39.0 Å². The molecule has 1 aliphatic rings. The Morgan fingerprint density at radius 1 is 1.03 bits per heavy atom. The van der Waals surface area contributed by atoms with Crippen LogP contribution >= 0.6 is 0 Å². The number of amides is 1. The maximum Gasteiger partial charge on any atom is 0.422 e. The molecule has 30 heavy (non-hydrogen) atoms. The second-order valence-electron chi connectivity index (χ2n) is 7.51. The fourth-order valence-electron chi connectivity index (χ4n) is 3.25. The van der Waals surface area contributed by atoms with Gasteiger partial charge in [0.2, 0.25) is 0 Å². The molecule has 3 rings (SSSR count). The van der Waals surface area contributed by atoms with Crippen LogP contribution in [0.5, 0.6) is 5.75 Å². The summed E-state index contributed by atoms with van der Waals surface area (Å²) >= 11 is 0. The van der Waals surface area contributed by atoms with Crippen molar-refractivity contribution in [1.29, 1.82) is 0 Å². The standard InChI is InChI=1S/C22H26F3N3O2/c1-27-9-11-28(12-10-27)15-18-4-2-3-17(13-18)14-26-21(29)19-5-7-20(8-6-19)30-16-22(23,24)25/h2-8,13H,9-12,14-16H2,1H3,(H,26,29). The Morgan fingerprint density at radius 3 is 2.37 bits per heavy atom. The van der Waals surface area contributed by atoms with Crippen LogP contribution in [-0.2, 0) is 13.1 Å². The Morgan fingerprint density at radius 2 is 1.70 bits per heavy atom. The van der Waals surface area contributed by atoms with Crippen molar-refractivity contribution in [3.05, 3.63) is 65.2 Å². The number of carbonyl (C=O) groups excluding carboxylic acids is 1. The van der Waals surface area contributed by atoms with Gasteiger partial charge in [-0.3, -0.25) is 9.69 Å². The lowest BCUT2D eigenvalue weighted by Crippen LogP contribution is -2.43. The van der Waals surface area contributed by atoms with Crippen LogP contribution in [0, 0.1) is 0 Å². The topological polar surface area (TPSA) is 44.8 Å². The molecule has 2 aromatic carbocycles. The van der Waals surface area contributed by atoms with Crippen LogP contribution in [-0.4, -0.2) is 61.7 Å². The normalized spacial score (nSPS) is 15.7. The molecule has 1 amide bonds. The molecular weight excluding hydrogens is 395 g/mol. The molecule has 0 bridgehead atoms. The van der Waals surface area contributed by atoms with E-state index in [1.165, 1.54) is 29.8 Å². The number of halogens is 3. The summed E-state index contributed by atoms with van der Waals surface area (Å²) in [6.07, 6.45) is -4.39. The Kier molecular flexibility index (Phi) is 7.33. The molecule has 0 aromatic heterocycles. The number of likely N-dealkylation sites (N-methyl/N-ethyl adjacent to an activating group) is 1. The predicted molar refractivity (Wildman–Crippen MR) is 108 cm³/mol. The third-order valence-corrected chi connectivity index (χ3v) is 4.97. The summed E-state index contributed by atoms with van der Waals surface area (Å²) in [5.74, 6) is -0.220. The number of nitrogens with one attached hydrogen (secondary N) is 1. The minimum Gasteiger partial charge on any atom is -0.484 e. The Balaban J connectivity index is 1.49. The fourth-order valence-corrected chi connectivity index (χ4v) is 3.25.